The molecule has 1 heterocycles. The van der Waals surface area contributed by atoms with Crippen LogP contribution in [0.4, 0.5) is 4.39 Å². The van der Waals surface area contributed by atoms with Gasteiger partial charge in [0.15, 0.2) is 0 Å². The van der Waals surface area contributed by atoms with Gasteiger partial charge >= 0.3 is 0 Å². The lowest BCUT2D eigenvalue weighted by atomic mass is 9.97. The summed E-state index contributed by atoms with van der Waals surface area (Å²) in [6.45, 7) is 5.50. The second-order valence-corrected chi connectivity index (χ2v) is 5.42. The molecule has 0 atom stereocenters. The topological polar surface area (TPSA) is 32.3 Å². The fourth-order valence-corrected chi connectivity index (χ4v) is 2.73. The Morgan fingerprint density at radius 1 is 1.35 bits per heavy atom. The van der Waals surface area contributed by atoms with Gasteiger partial charge in [-0.15, -0.1) is 0 Å². The third-order valence-corrected chi connectivity index (χ3v) is 3.82. The molecule has 0 radical (unpaired) electrons. The van der Waals surface area contributed by atoms with E-state index in [1.165, 1.54) is 6.07 Å². The van der Waals surface area contributed by atoms with Crippen LogP contribution < -0.4 is 5.32 Å². The Hall–Kier alpha value is -1.42. The van der Waals surface area contributed by atoms with Crippen molar-refractivity contribution in [2.75, 3.05) is 26.2 Å². The van der Waals surface area contributed by atoms with Crippen molar-refractivity contribution in [3.05, 3.63) is 35.6 Å². The average molecular weight is 278 g/mol. The van der Waals surface area contributed by atoms with Crippen molar-refractivity contribution in [2.24, 2.45) is 5.92 Å². The van der Waals surface area contributed by atoms with E-state index < -0.39 is 5.82 Å². The van der Waals surface area contributed by atoms with Crippen molar-refractivity contribution in [2.45, 2.75) is 26.2 Å². The van der Waals surface area contributed by atoms with Crippen LogP contribution in [0.1, 0.15) is 36.5 Å². The van der Waals surface area contributed by atoms with Crippen LogP contribution in [0.25, 0.3) is 0 Å². The van der Waals surface area contributed by atoms with E-state index in [2.05, 4.69) is 5.32 Å². The molecule has 0 aromatic heterocycles. The summed E-state index contributed by atoms with van der Waals surface area (Å²) >= 11 is 0. The molecule has 1 aliphatic heterocycles. The van der Waals surface area contributed by atoms with Crippen LogP contribution in [-0.2, 0) is 0 Å². The number of carbonyl (C=O) groups is 1. The predicted molar refractivity (Wildman–Crippen MR) is 78.2 cm³/mol. The molecule has 1 saturated heterocycles. The summed E-state index contributed by atoms with van der Waals surface area (Å²) in [7, 11) is 0. The summed E-state index contributed by atoms with van der Waals surface area (Å²) in [4.78, 5) is 14.3. The van der Waals surface area contributed by atoms with Crippen molar-refractivity contribution >= 4 is 5.91 Å². The van der Waals surface area contributed by atoms with Crippen molar-refractivity contribution in [3.8, 4) is 0 Å². The lowest BCUT2D eigenvalue weighted by molar-refractivity contribution is 0.0711. The Balaban J connectivity index is 2.07. The second-order valence-electron chi connectivity index (χ2n) is 5.42. The van der Waals surface area contributed by atoms with Gasteiger partial charge in [0.25, 0.3) is 5.91 Å². The molecule has 110 valence electrons. The van der Waals surface area contributed by atoms with Gasteiger partial charge in [0, 0.05) is 13.1 Å². The molecule has 0 bridgehead atoms. The Bertz CT molecular complexity index is 444. The maximum Gasteiger partial charge on any atom is 0.256 e. The average Bonchev–Trinajstić information content (AvgIpc) is 2.48. The number of nitrogens with zero attached hydrogens (tertiary/aromatic N) is 1. The van der Waals surface area contributed by atoms with E-state index in [0.29, 0.717) is 12.5 Å². The highest BCUT2D eigenvalue weighted by atomic mass is 19.1. The molecule has 1 N–H and O–H groups in total. The molecule has 1 aromatic carbocycles. The van der Waals surface area contributed by atoms with Crippen LogP contribution in [0, 0.1) is 11.7 Å². The summed E-state index contributed by atoms with van der Waals surface area (Å²) in [6.07, 6.45) is 3.07. The number of nitrogens with one attached hydrogen (secondary N) is 1. The molecule has 1 aromatic rings. The second kappa shape index (κ2) is 7.39. The third-order valence-electron chi connectivity index (χ3n) is 3.82. The first-order chi connectivity index (χ1) is 9.72. The van der Waals surface area contributed by atoms with Crippen LogP contribution in [0.3, 0.4) is 0 Å². The fourth-order valence-electron chi connectivity index (χ4n) is 2.73. The number of hydrogen-bond donors (Lipinski definition) is 1. The Labute approximate surface area is 120 Å². The van der Waals surface area contributed by atoms with E-state index in [4.69, 9.17) is 0 Å². The number of halogens is 1. The van der Waals surface area contributed by atoms with Gasteiger partial charge in [-0.25, -0.2) is 4.39 Å². The molecule has 4 heteroatoms. The van der Waals surface area contributed by atoms with Crippen molar-refractivity contribution in [1.29, 1.82) is 0 Å². The van der Waals surface area contributed by atoms with E-state index in [9.17, 15) is 9.18 Å². The van der Waals surface area contributed by atoms with Crippen LogP contribution in [0.5, 0.6) is 0 Å². The highest BCUT2D eigenvalue weighted by Crippen LogP contribution is 2.17. The number of carbonyl (C=O) groups excluding carboxylic acids is 1. The Morgan fingerprint density at radius 3 is 2.70 bits per heavy atom. The maximum atomic E-state index is 13.8. The molecule has 0 aliphatic carbocycles. The molecule has 1 fully saturated rings. The minimum Gasteiger partial charge on any atom is -0.338 e. The summed E-state index contributed by atoms with van der Waals surface area (Å²) in [6, 6.07) is 6.25. The number of amides is 1. The third kappa shape index (κ3) is 3.79. The molecule has 0 spiro atoms. The van der Waals surface area contributed by atoms with Crippen molar-refractivity contribution in [1.82, 2.24) is 10.2 Å². The van der Waals surface area contributed by atoms with Crippen LogP contribution in [0.15, 0.2) is 24.3 Å². The van der Waals surface area contributed by atoms with Crippen molar-refractivity contribution < 1.29 is 9.18 Å². The van der Waals surface area contributed by atoms with Crippen molar-refractivity contribution in [3.63, 3.8) is 0 Å². The fraction of sp³-hybridized carbons (Fsp3) is 0.562. The molecule has 1 aliphatic rings. The van der Waals surface area contributed by atoms with E-state index in [1.807, 2.05) is 11.8 Å². The van der Waals surface area contributed by atoms with Gasteiger partial charge in [-0.1, -0.05) is 19.1 Å². The minimum absolute atomic E-state index is 0.177. The zero-order valence-electron chi connectivity index (χ0n) is 12.1. The smallest absolute Gasteiger partial charge is 0.256 e. The number of rotatable bonds is 5. The standard InChI is InChI=1S/C16H23FN2O/c1-2-11-19(12-13-7-9-18-10-8-13)16(20)14-5-3-4-6-15(14)17/h3-6,13,18H,2,7-12H2,1H3. The quantitative estimate of drug-likeness (QED) is 0.898. The van der Waals surface area contributed by atoms with E-state index >= 15 is 0 Å². The van der Waals surface area contributed by atoms with E-state index in [0.717, 1.165) is 38.9 Å². The van der Waals surface area contributed by atoms with E-state index in [-0.39, 0.29) is 11.5 Å². The normalized spacial score (nSPS) is 16.1. The summed E-state index contributed by atoms with van der Waals surface area (Å²) in [5, 5.41) is 3.33. The number of benzene rings is 1. The maximum absolute atomic E-state index is 13.8. The molecule has 0 saturated carbocycles. The van der Waals surface area contributed by atoms with Crippen LogP contribution in [0.2, 0.25) is 0 Å². The molecule has 20 heavy (non-hydrogen) atoms. The van der Waals surface area contributed by atoms with Gasteiger partial charge in [-0.2, -0.15) is 0 Å². The van der Waals surface area contributed by atoms with Gasteiger partial charge in [0.1, 0.15) is 5.82 Å². The summed E-state index contributed by atoms with van der Waals surface area (Å²) in [5.41, 5.74) is 0.190. The molecular formula is C16H23FN2O. The monoisotopic (exact) mass is 278 g/mol. The molecule has 3 nitrogen and oxygen atoms in total. The largest absolute Gasteiger partial charge is 0.338 e. The molecular weight excluding hydrogens is 255 g/mol. The SMILES string of the molecule is CCCN(CC1CCNCC1)C(=O)c1ccccc1F. The summed E-state index contributed by atoms with van der Waals surface area (Å²) in [5.74, 6) is -0.0779. The molecule has 2 rings (SSSR count). The van der Waals surface area contributed by atoms with Crippen LogP contribution in [-0.4, -0.2) is 37.0 Å². The zero-order chi connectivity index (χ0) is 14.4. The highest BCUT2D eigenvalue weighted by molar-refractivity contribution is 5.94. The summed E-state index contributed by atoms with van der Waals surface area (Å²) < 4.78 is 13.8. The van der Waals surface area contributed by atoms with Crippen LogP contribution >= 0.6 is 0 Å². The van der Waals surface area contributed by atoms with Gasteiger partial charge in [-0.3, -0.25) is 4.79 Å². The highest BCUT2D eigenvalue weighted by Gasteiger charge is 2.22. The molecule has 0 unspecified atom stereocenters. The number of piperidine rings is 1. The predicted octanol–water partition coefficient (Wildman–Crippen LogP) is 2.68. The minimum atomic E-state index is -0.427. The molecule has 1 amide bonds. The van der Waals surface area contributed by atoms with Gasteiger partial charge < -0.3 is 10.2 Å². The first kappa shape index (κ1) is 15.0. The Kier molecular flexibility index (Phi) is 5.53. The first-order valence-electron chi connectivity index (χ1n) is 7.47. The van der Waals surface area contributed by atoms with Gasteiger partial charge in [-0.05, 0) is 50.4 Å². The lowest BCUT2D eigenvalue weighted by Crippen LogP contribution is -2.40. The Morgan fingerprint density at radius 2 is 2.05 bits per heavy atom. The first-order valence-corrected chi connectivity index (χ1v) is 7.47. The lowest BCUT2D eigenvalue weighted by Gasteiger charge is -2.30. The van der Waals surface area contributed by atoms with Gasteiger partial charge in [0.05, 0.1) is 5.56 Å². The zero-order valence-corrected chi connectivity index (χ0v) is 12.1. The van der Waals surface area contributed by atoms with Gasteiger partial charge in [0.2, 0.25) is 0 Å². The number of hydrogen-bond acceptors (Lipinski definition) is 2. The van der Waals surface area contributed by atoms with E-state index in [1.54, 1.807) is 18.2 Å².